The van der Waals surface area contributed by atoms with Crippen LogP contribution in [0.15, 0.2) is 35.7 Å². The van der Waals surface area contributed by atoms with E-state index in [4.69, 9.17) is 5.73 Å². The van der Waals surface area contributed by atoms with E-state index in [9.17, 15) is 18.8 Å². The number of para-hydroxylation sites is 1. The Kier molecular flexibility index (Phi) is 6.38. The van der Waals surface area contributed by atoms with Gasteiger partial charge >= 0.3 is 0 Å². The van der Waals surface area contributed by atoms with Crippen LogP contribution in [0.3, 0.4) is 0 Å². The molecule has 0 bridgehead atoms. The number of hydrogen-bond donors (Lipinski definition) is 1. The third-order valence-corrected chi connectivity index (χ3v) is 5.46. The summed E-state index contributed by atoms with van der Waals surface area (Å²) in [5, 5.41) is 1.96. The van der Waals surface area contributed by atoms with Crippen molar-refractivity contribution in [3.8, 4) is 0 Å². The smallest absolute Gasteiger partial charge is 0.247 e. The molecule has 1 atom stereocenters. The Morgan fingerprint density at radius 3 is 2.76 bits per heavy atom. The first-order valence-electron chi connectivity index (χ1n) is 9.17. The Balaban J connectivity index is 1.78. The third kappa shape index (κ3) is 4.68. The van der Waals surface area contributed by atoms with Crippen LogP contribution in [0, 0.1) is 5.82 Å². The summed E-state index contributed by atoms with van der Waals surface area (Å²) in [6, 6.07) is 5.35. The van der Waals surface area contributed by atoms with E-state index in [1.165, 1.54) is 41.0 Å². The van der Waals surface area contributed by atoms with Gasteiger partial charge in [0.05, 0.1) is 11.4 Å². The minimum absolute atomic E-state index is 0.110. The molecule has 1 fully saturated rings. The lowest BCUT2D eigenvalue weighted by Crippen LogP contribution is -2.49. The zero-order chi connectivity index (χ0) is 21.0. The Morgan fingerprint density at radius 2 is 2.07 bits per heavy atom. The first kappa shape index (κ1) is 20.7. The highest BCUT2D eigenvalue weighted by Gasteiger charge is 2.29. The van der Waals surface area contributed by atoms with Gasteiger partial charge < -0.3 is 10.6 Å². The van der Waals surface area contributed by atoms with Crippen LogP contribution < -0.4 is 10.6 Å². The van der Waals surface area contributed by atoms with Crippen molar-refractivity contribution in [2.24, 2.45) is 5.73 Å². The predicted molar refractivity (Wildman–Crippen MR) is 109 cm³/mol. The molecule has 7 nitrogen and oxygen atoms in total. The average Bonchev–Trinajstić information content (AvgIpc) is 3.16. The van der Waals surface area contributed by atoms with Crippen LogP contribution in [-0.2, 0) is 14.4 Å². The largest absolute Gasteiger partial charge is 0.368 e. The molecule has 1 aliphatic rings. The Labute approximate surface area is 171 Å². The van der Waals surface area contributed by atoms with Crippen LogP contribution in [-0.4, -0.2) is 40.2 Å². The second-order valence-electron chi connectivity index (χ2n) is 6.64. The Hall–Kier alpha value is -3.07. The maximum atomic E-state index is 14.1. The lowest BCUT2D eigenvalue weighted by atomic mass is 10.0. The highest BCUT2D eigenvalue weighted by molar-refractivity contribution is 7.14. The number of aromatic nitrogens is 1. The summed E-state index contributed by atoms with van der Waals surface area (Å²) in [6.07, 6.45) is 5.08. The Morgan fingerprint density at radius 1 is 1.31 bits per heavy atom. The molecule has 1 saturated heterocycles. The van der Waals surface area contributed by atoms with Crippen molar-refractivity contribution in [3.63, 3.8) is 0 Å². The van der Waals surface area contributed by atoms with E-state index in [1.54, 1.807) is 17.5 Å². The van der Waals surface area contributed by atoms with Crippen LogP contribution in [0.5, 0.6) is 0 Å². The number of nitrogens with two attached hydrogens (primary N) is 1. The first-order valence-corrected chi connectivity index (χ1v) is 10.0. The molecule has 0 saturated carbocycles. The molecule has 152 valence electrons. The molecule has 3 rings (SSSR count). The molecule has 9 heteroatoms. The average molecular weight is 416 g/mol. The second-order valence-corrected chi connectivity index (χ2v) is 7.48. The van der Waals surface area contributed by atoms with Crippen molar-refractivity contribution in [1.82, 2.24) is 9.88 Å². The summed E-state index contributed by atoms with van der Waals surface area (Å²) in [6.45, 7) is 1.80. The van der Waals surface area contributed by atoms with Crippen LogP contribution >= 0.6 is 11.3 Å². The van der Waals surface area contributed by atoms with Crippen molar-refractivity contribution in [2.75, 3.05) is 11.4 Å². The number of anilines is 2. The monoisotopic (exact) mass is 416 g/mol. The zero-order valence-corrected chi connectivity index (χ0v) is 16.7. The van der Waals surface area contributed by atoms with Crippen molar-refractivity contribution in [1.29, 1.82) is 0 Å². The normalized spacial score (nSPS) is 16.8. The first-order chi connectivity index (χ1) is 13.9. The molecule has 2 heterocycles. The maximum Gasteiger partial charge on any atom is 0.247 e. The van der Waals surface area contributed by atoms with Gasteiger partial charge in [-0.1, -0.05) is 12.1 Å². The molecule has 2 aromatic rings. The van der Waals surface area contributed by atoms with Crippen molar-refractivity contribution < 1.29 is 18.8 Å². The highest BCUT2D eigenvalue weighted by Crippen LogP contribution is 2.31. The molecule has 1 aromatic heterocycles. The lowest BCUT2D eigenvalue weighted by molar-refractivity contribution is -0.137. The topological polar surface area (TPSA) is 96.6 Å². The number of piperidine rings is 1. The minimum atomic E-state index is -0.596. The number of carbonyl (C=O) groups is 3. The lowest BCUT2D eigenvalue weighted by Gasteiger charge is -2.32. The number of primary amides is 1. The molecule has 1 aliphatic heterocycles. The number of benzene rings is 1. The van der Waals surface area contributed by atoms with Gasteiger partial charge in [-0.15, -0.1) is 11.3 Å². The number of thiazole rings is 1. The van der Waals surface area contributed by atoms with Gasteiger partial charge in [0.25, 0.3) is 0 Å². The fourth-order valence-electron chi connectivity index (χ4n) is 3.24. The van der Waals surface area contributed by atoms with Crippen LogP contribution in [0.2, 0.25) is 0 Å². The van der Waals surface area contributed by atoms with E-state index in [0.717, 1.165) is 24.2 Å². The van der Waals surface area contributed by atoms with Gasteiger partial charge in [-0.05, 0) is 37.5 Å². The third-order valence-electron chi connectivity index (χ3n) is 4.62. The quantitative estimate of drug-likeness (QED) is 0.758. The van der Waals surface area contributed by atoms with Crippen LogP contribution in [0.1, 0.15) is 31.9 Å². The number of hydrogen-bond acceptors (Lipinski definition) is 5. The predicted octanol–water partition coefficient (Wildman–Crippen LogP) is 2.85. The number of carbonyl (C=O) groups excluding carboxylic acids is 3. The summed E-state index contributed by atoms with van der Waals surface area (Å²) in [5.74, 6) is -1.74. The maximum absolute atomic E-state index is 14.1. The molecule has 0 aliphatic carbocycles. The van der Waals surface area contributed by atoms with E-state index in [2.05, 4.69) is 4.98 Å². The molecular weight excluding hydrogens is 395 g/mol. The molecule has 0 radical (unpaired) electrons. The summed E-state index contributed by atoms with van der Waals surface area (Å²) in [4.78, 5) is 43.1. The summed E-state index contributed by atoms with van der Waals surface area (Å²) < 4.78 is 14.1. The van der Waals surface area contributed by atoms with Gasteiger partial charge in [-0.2, -0.15) is 0 Å². The van der Waals surface area contributed by atoms with E-state index in [0.29, 0.717) is 23.8 Å². The summed E-state index contributed by atoms with van der Waals surface area (Å²) >= 11 is 1.16. The number of nitrogens with zero attached hydrogens (tertiary/aromatic N) is 3. The zero-order valence-electron chi connectivity index (χ0n) is 15.9. The number of amides is 3. The van der Waals surface area contributed by atoms with Gasteiger partial charge in [0, 0.05) is 24.9 Å². The molecule has 1 unspecified atom stereocenters. The van der Waals surface area contributed by atoms with E-state index >= 15 is 0 Å². The SMILES string of the molecule is CC(=O)N(c1nc(/C=C/C(=O)N2CCCCC2C(N)=O)cs1)c1ccccc1F. The van der Waals surface area contributed by atoms with E-state index in [-0.39, 0.29) is 17.5 Å². The molecule has 29 heavy (non-hydrogen) atoms. The van der Waals surface area contributed by atoms with Crippen molar-refractivity contribution >= 4 is 46.0 Å². The van der Waals surface area contributed by atoms with Crippen molar-refractivity contribution in [2.45, 2.75) is 32.2 Å². The van der Waals surface area contributed by atoms with Gasteiger partial charge in [0.15, 0.2) is 5.13 Å². The molecule has 2 N–H and O–H groups in total. The van der Waals surface area contributed by atoms with Gasteiger partial charge in [0.1, 0.15) is 11.9 Å². The Bertz CT molecular complexity index is 959. The number of halogens is 1. The van der Waals surface area contributed by atoms with E-state index in [1.807, 2.05) is 0 Å². The highest BCUT2D eigenvalue weighted by atomic mass is 32.1. The van der Waals surface area contributed by atoms with Crippen LogP contribution in [0.25, 0.3) is 6.08 Å². The van der Waals surface area contributed by atoms with Crippen molar-refractivity contribution in [3.05, 3.63) is 47.2 Å². The number of likely N-dealkylation sites (tertiary alicyclic amines) is 1. The van der Waals surface area contributed by atoms with Gasteiger partial charge in [-0.25, -0.2) is 9.37 Å². The summed E-state index contributed by atoms with van der Waals surface area (Å²) in [5.41, 5.74) is 5.96. The minimum Gasteiger partial charge on any atom is -0.368 e. The van der Waals surface area contributed by atoms with E-state index < -0.39 is 17.8 Å². The molecule has 0 spiro atoms. The van der Waals surface area contributed by atoms with Crippen LogP contribution in [0.4, 0.5) is 15.2 Å². The van der Waals surface area contributed by atoms with Gasteiger partial charge in [0.2, 0.25) is 17.7 Å². The molecular formula is C20H21FN4O3S. The number of rotatable bonds is 5. The summed E-state index contributed by atoms with van der Waals surface area (Å²) in [7, 11) is 0. The standard InChI is InChI=1S/C20H21FN4O3S/c1-13(26)25(16-7-3-2-6-15(16)21)20-23-14(12-29-20)9-10-18(27)24-11-5-4-8-17(24)19(22)28/h2-3,6-7,9-10,12,17H,4-5,8,11H2,1H3,(H2,22,28)/b10-9+. The fourth-order valence-corrected chi connectivity index (χ4v) is 4.09. The second kappa shape index (κ2) is 8.95. The fraction of sp³-hybridized carbons (Fsp3) is 0.300. The molecule has 3 amide bonds. The molecule has 1 aromatic carbocycles. The van der Waals surface area contributed by atoms with Gasteiger partial charge in [-0.3, -0.25) is 19.3 Å².